The molecule has 1 unspecified atom stereocenters. The minimum atomic E-state index is -0.580. The lowest BCUT2D eigenvalue weighted by Crippen LogP contribution is -2.30. The topological polar surface area (TPSA) is 38.0 Å². The summed E-state index contributed by atoms with van der Waals surface area (Å²) in [6.45, 7) is 3.99. The first kappa shape index (κ1) is 16.1. The largest absolute Gasteiger partial charge is 0.271 e. The molecule has 0 amide bonds. The van der Waals surface area contributed by atoms with Crippen molar-refractivity contribution in [2.24, 2.45) is 5.84 Å². The maximum Gasteiger partial charge on any atom is 0.129 e. The number of benzene rings is 2. The molecule has 0 aliphatic carbocycles. The van der Waals surface area contributed by atoms with E-state index < -0.39 is 11.6 Å². The van der Waals surface area contributed by atoms with E-state index in [1.807, 2.05) is 26.0 Å². The van der Waals surface area contributed by atoms with Gasteiger partial charge in [0, 0.05) is 10.5 Å². The number of nitrogens with one attached hydrogen (secondary N) is 1. The second-order valence-electron chi connectivity index (χ2n) is 5.13. The fourth-order valence-corrected chi connectivity index (χ4v) is 2.59. The standard InChI is InChI=1S/C16H17BrF2N2/c1-9-5-12(6-10(2)16(9)17)15(21-20)7-11-3-4-13(18)8-14(11)19/h3-6,8,15,21H,7,20H2,1-2H3. The SMILES string of the molecule is Cc1cc(C(Cc2ccc(F)cc2F)NN)cc(C)c1Br. The molecule has 0 fully saturated rings. The van der Waals surface area contributed by atoms with Crippen LogP contribution in [0.2, 0.25) is 0 Å². The highest BCUT2D eigenvalue weighted by atomic mass is 79.9. The van der Waals surface area contributed by atoms with Gasteiger partial charge in [0.05, 0.1) is 6.04 Å². The molecule has 0 heterocycles. The van der Waals surface area contributed by atoms with Crippen molar-refractivity contribution in [3.05, 3.63) is 68.7 Å². The van der Waals surface area contributed by atoms with E-state index in [1.165, 1.54) is 12.1 Å². The van der Waals surface area contributed by atoms with Crippen molar-refractivity contribution in [1.29, 1.82) is 0 Å². The molecule has 0 bridgehead atoms. The van der Waals surface area contributed by atoms with Gasteiger partial charge < -0.3 is 0 Å². The molecule has 0 aliphatic rings. The van der Waals surface area contributed by atoms with Crippen LogP contribution >= 0.6 is 15.9 Å². The highest BCUT2D eigenvalue weighted by Crippen LogP contribution is 2.27. The highest BCUT2D eigenvalue weighted by Gasteiger charge is 2.15. The van der Waals surface area contributed by atoms with Crippen LogP contribution in [0.3, 0.4) is 0 Å². The Balaban J connectivity index is 2.32. The van der Waals surface area contributed by atoms with Gasteiger partial charge in [-0.25, -0.2) is 8.78 Å². The van der Waals surface area contributed by atoms with E-state index >= 15 is 0 Å². The number of hydrazine groups is 1. The van der Waals surface area contributed by atoms with Crippen LogP contribution in [0.1, 0.15) is 28.3 Å². The molecule has 0 spiro atoms. The predicted octanol–water partition coefficient (Wildman–Crippen LogP) is 4.09. The van der Waals surface area contributed by atoms with Crippen LogP contribution < -0.4 is 11.3 Å². The number of halogens is 3. The van der Waals surface area contributed by atoms with Gasteiger partial charge in [-0.2, -0.15) is 0 Å². The molecule has 2 rings (SSSR count). The summed E-state index contributed by atoms with van der Waals surface area (Å²) in [6, 6.07) is 7.36. The van der Waals surface area contributed by atoms with Crippen molar-refractivity contribution in [3.63, 3.8) is 0 Å². The first-order chi connectivity index (χ1) is 9.92. The molecule has 0 saturated carbocycles. The summed E-state index contributed by atoms with van der Waals surface area (Å²) in [4.78, 5) is 0. The number of hydrogen-bond donors (Lipinski definition) is 2. The van der Waals surface area contributed by atoms with E-state index in [0.29, 0.717) is 12.0 Å². The third kappa shape index (κ3) is 3.67. The summed E-state index contributed by atoms with van der Waals surface area (Å²) in [6.07, 6.45) is 0.350. The fourth-order valence-electron chi connectivity index (χ4n) is 2.36. The molecule has 5 heteroatoms. The van der Waals surface area contributed by atoms with E-state index in [4.69, 9.17) is 5.84 Å². The Hall–Kier alpha value is -1.30. The van der Waals surface area contributed by atoms with Gasteiger partial charge in [0.1, 0.15) is 11.6 Å². The van der Waals surface area contributed by atoms with Crippen LogP contribution in [-0.4, -0.2) is 0 Å². The van der Waals surface area contributed by atoms with Crippen molar-refractivity contribution >= 4 is 15.9 Å². The van der Waals surface area contributed by atoms with Crippen LogP contribution in [0.5, 0.6) is 0 Å². The van der Waals surface area contributed by atoms with Gasteiger partial charge in [-0.05, 0) is 48.6 Å². The van der Waals surface area contributed by atoms with Crippen LogP contribution in [-0.2, 0) is 6.42 Å². The summed E-state index contributed by atoms with van der Waals surface area (Å²) in [7, 11) is 0. The van der Waals surface area contributed by atoms with Gasteiger partial charge in [0.15, 0.2) is 0 Å². The minimum Gasteiger partial charge on any atom is -0.271 e. The summed E-state index contributed by atoms with van der Waals surface area (Å²) in [5.41, 5.74) is 6.28. The van der Waals surface area contributed by atoms with Gasteiger partial charge in [-0.15, -0.1) is 0 Å². The van der Waals surface area contributed by atoms with Crippen LogP contribution in [0, 0.1) is 25.5 Å². The van der Waals surface area contributed by atoms with Crippen molar-refractivity contribution in [2.45, 2.75) is 26.3 Å². The monoisotopic (exact) mass is 354 g/mol. The van der Waals surface area contributed by atoms with Crippen molar-refractivity contribution in [1.82, 2.24) is 5.43 Å². The normalized spacial score (nSPS) is 12.5. The molecular weight excluding hydrogens is 338 g/mol. The molecule has 21 heavy (non-hydrogen) atoms. The van der Waals surface area contributed by atoms with Gasteiger partial charge >= 0.3 is 0 Å². The summed E-state index contributed by atoms with van der Waals surface area (Å²) >= 11 is 3.52. The molecule has 2 aromatic rings. The number of nitrogens with two attached hydrogens (primary N) is 1. The predicted molar refractivity (Wildman–Crippen MR) is 83.7 cm³/mol. The van der Waals surface area contributed by atoms with E-state index in [0.717, 1.165) is 27.2 Å². The van der Waals surface area contributed by atoms with Crippen molar-refractivity contribution < 1.29 is 8.78 Å². The second-order valence-corrected chi connectivity index (χ2v) is 5.92. The molecular formula is C16H17BrF2N2. The first-order valence-electron chi connectivity index (χ1n) is 6.59. The van der Waals surface area contributed by atoms with Crippen molar-refractivity contribution in [3.8, 4) is 0 Å². The van der Waals surface area contributed by atoms with E-state index in [9.17, 15) is 8.78 Å². The zero-order chi connectivity index (χ0) is 15.6. The van der Waals surface area contributed by atoms with Crippen LogP contribution in [0.15, 0.2) is 34.8 Å². The molecule has 112 valence electrons. The third-order valence-corrected chi connectivity index (χ3v) is 4.75. The Morgan fingerprint density at radius 2 is 1.76 bits per heavy atom. The average Bonchev–Trinajstić information content (AvgIpc) is 2.43. The lowest BCUT2D eigenvalue weighted by molar-refractivity contribution is 0.521. The second kappa shape index (κ2) is 6.64. The average molecular weight is 355 g/mol. The molecule has 3 N–H and O–H groups in total. The molecule has 0 radical (unpaired) electrons. The molecule has 0 aliphatic heterocycles. The quantitative estimate of drug-likeness (QED) is 0.640. The molecule has 1 atom stereocenters. The van der Waals surface area contributed by atoms with Crippen molar-refractivity contribution in [2.75, 3.05) is 0 Å². The van der Waals surface area contributed by atoms with Gasteiger partial charge in [-0.1, -0.05) is 34.1 Å². The molecule has 0 aromatic heterocycles. The first-order valence-corrected chi connectivity index (χ1v) is 7.38. The Bertz CT molecular complexity index is 636. The summed E-state index contributed by atoms with van der Waals surface area (Å²) in [5.74, 6) is 4.48. The lowest BCUT2D eigenvalue weighted by Gasteiger charge is -2.19. The van der Waals surface area contributed by atoms with E-state index in [-0.39, 0.29) is 6.04 Å². The summed E-state index contributed by atoms with van der Waals surface area (Å²) in [5, 5.41) is 0. The fraction of sp³-hybridized carbons (Fsp3) is 0.250. The molecule has 0 saturated heterocycles. The van der Waals surface area contributed by atoms with Gasteiger partial charge in [0.25, 0.3) is 0 Å². The zero-order valence-corrected chi connectivity index (χ0v) is 13.5. The Morgan fingerprint density at radius 1 is 1.14 bits per heavy atom. The smallest absolute Gasteiger partial charge is 0.129 e. The van der Waals surface area contributed by atoms with E-state index in [1.54, 1.807) is 0 Å². The van der Waals surface area contributed by atoms with Crippen LogP contribution in [0.25, 0.3) is 0 Å². The Morgan fingerprint density at radius 3 is 2.29 bits per heavy atom. The maximum atomic E-state index is 13.8. The molecule has 2 aromatic carbocycles. The Kier molecular flexibility index (Phi) is 5.08. The van der Waals surface area contributed by atoms with Crippen LogP contribution in [0.4, 0.5) is 8.78 Å². The highest BCUT2D eigenvalue weighted by molar-refractivity contribution is 9.10. The van der Waals surface area contributed by atoms with E-state index in [2.05, 4.69) is 21.4 Å². The van der Waals surface area contributed by atoms with Gasteiger partial charge in [0.2, 0.25) is 0 Å². The van der Waals surface area contributed by atoms with Gasteiger partial charge in [-0.3, -0.25) is 11.3 Å². The number of hydrogen-bond acceptors (Lipinski definition) is 2. The minimum absolute atomic E-state index is 0.240. The zero-order valence-electron chi connectivity index (χ0n) is 11.9. The molecule has 2 nitrogen and oxygen atoms in total. The maximum absolute atomic E-state index is 13.8. The number of rotatable bonds is 4. The third-order valence-electron chi connectivity index (χ3n) is 3.50. The number of aryl methyl sites for hydroxylation is 2. The Labute approximate surface area is 131 Å². The summed E-state index contributed by atoms with van der Waals surface area (Å²) < 4.78 is 27.8. The lowest BCUT2D eigenvalue weighted by atomic mass is 9.96.